The van der Waals surface area contributed by atoms with Crippen LogP contribution in [-0.2, 0) is 0 Å². The van der Waals surface area contributed by atoms with Gasteiger partial charge < -0.3 is 10.1 Å². The van der Waals surface area contributed by atoms with Crippen LogP contribution in [0.4, 0.5) is 0 Å². The standard InChI is InChI=1S/C15H15BrClNOS/c1-2-18-11-8-13(14-5-6-15(16)20-14)19-12-4-3-9(17)7-10(11)12/h3-7,11,13,18H,2,8H2,1H3. The van der Waals surface area contributed by atoms with E-state index in [1.54, 1.807) is 11.3 Å². The Morgan fingerprint density at radius 1 is 1.40 bits per heavy atom. The van der Waals surface area contributed by atoms with Gasteiger partial charge >= 0.3 is 0 Å². The van der Waals surface area contributed by atoms with E-state index in [4.69, 9.17) is 16.3 Å². The number of ether oxygens (including phenoxy) is 1. The fourth-order valence-electron chi connectivity index (χ4n) is 2.56. The number of hydrogen-bond donors (Lipinski definition) is 1. The molecule has 5 heteroatoms. The number of thiophene rings is 1. The molecule has 1 N–H and O–H groups in total. The molecule has 1 aromatic carbocycles. The third-order valence-corrected chi connectivity index (χ3v) is 5.38. The number of nitrogens with one attached hydrogen (secondary N) is 1. The number of hydrogen-bond acceptors (Lipinski definition) is 3. The van der Waals surface area contributed by atoms with Gasteiger partial charge in [0.1, 0.15) is 11.9 Å². The summed E-state index contributed by atoms with van der Waals surface area (Å²) in [7, 11) is 0. The monoisotopic (exact) mass is 371 g/mol. The number of benzene rings is 1. The molecule has 2 aromatic rings. The van der Waals surface area contributed by atoms with Crippen molar-refractivity contribution in [3.05, 3.63) is 49.6 Å². The maximum atomic E-state index is 6.15. The van der Waals surface area contributed by atoms with E-state index >= 15 is 0 Å². The Hall–Kier alpha value is -0.550. The molecule has 2 heterocycles. The molecule has 0 radical (unpaired) electrons. The molecule has 0 bridgehead atoms. The highest BCUT2D eigenvalue weighted by Gasteiger charge is 2.29. The maximum absolute atomic E-state index is 6.15. The van der Waals surface area contributed by atoms with Gasteiger partial charge in [0.2, 0.25) is 0 Å². The molecule has 0 saturated carbocycles. The normalized spacial score (nSPS) is 21.4. The Balaban J connectivity index is 1.94. The van der Waals surface area contributed by atoms with E-state index in [1.807, 2.05) is 18.2 Å². The van der Waals surface area contributed by atoms with E-state index < -0.39 is 0 Å². The van der Waals surface area contributed by atoms with Crippen LogP contribution in [0.3, 0.4) is 0 Å². The summed E-state index contributed by atoms with van der Waals surface area (Å²) >= 11 is 11.4. The van der Waals surface area contributed by atoms with E-state index in [0.717, 1.165) is 33.1 Å². The van der Waals surface area contributed by atoms with Gasteiger partial charge in [-0.25, -0.2) is 0 Å². The highest BCUT2D eigenvalue weighted by atomic mass is 79.9. The maximum Gasteiger partial charge on any atom is 0.135 e. The van der Waals surface area contributed by atoms with Crippen LogP contribution in [0, 0.1) is 0 Å². The van der Waals surface area contributed by atoms with Gasteiger partial charge in [-0.05, 0) is 52.8 Å². The Morgan fingerprint density at radius 3 is 2.95 bits per heavy atom. The molecular formula is C15H15BrClNOS. The third kappa shape index (κ3) is 2.89. The van der Waals surface area contributed by atoms with Crippen LogP contribution in [0.5, 0.6) is 5.75 Å². The minimum atomic E-state index is 0.101. The van der Waals surface area contributed by atoms with Crippen molar-refractivity contribution in [3.63, 3.8) is 0 Å². The SMILES string of the molecule is CCNC1CC(c2ccc(Br)s2)Oc2ccc(Cl)cc21. The molecule has 0 aliphatic carbocycles. The van der Waals surface area contributed by atoms with Gasteiger partial charge in [-0.1, -0.05) is 18.5 Å². The molecule has 1 aromatic heterocycles. The molecule has 0 spiro atoms. The zero-order chi connectivity index (χ0) is 14.1. The highest BCUT2D eigenvalue weighted by Crippen LogP contribution is 2.43. The molecule has 0 saturated heterocycles. The molecule has 106 valence electrons. The number of rotatable bonds is 3. The van der Waals surface area contributed by atoms with Crippen molar-refractivity contribution in [2.45, 2.75) is 25.5 Å². The smallest absolute Gasteiger partial charge is 0.135 e. The molecule has 2 nitrogen and oxygen atoms in total. The molecule has 20 heavy (non-hydrogen) atoms. The Morgan fingerprint density at radius 2 is 2.25 bits per heavy atom. The summed E-state index contributed by atoms with van der Waals surface area (Å²) in [6, 6.07) is 10.3. The summed E-state index contributed by atoms with van der Waals surface area (Å²) in [5, 5.41) is 4.29. The topological polar surface area (TPSA) is 21.3 Å². The Bertz CT molecular complexity index is 616. The molecule has 2 atom stereocenters. The average molecular weight is 373 g/mol. The van der Waals surface area contributed by atoms with Crippen LogP contribution in [0.2, 0.25) is 5.02 Å². The quantitative estimate of drug-likeness (QED) is 0.785. The first-order valence-electron chi connectivity index (χ1n) is 6.62. The lowest BCUT2D eigenvalue weighted by atomic mass is 9.95. The zero-order valence-corrected chi connectivity index (χ0v) is 14.2. The molecule has 1 aliphatic heterocycles. The lowest BCUT2D eigenvalue weighted by molar-refractivity contribution is 0.155. The van der Waals surface area contributed by atoms with Gasteiger partial charge in [0.25, 0.3) is 0 Å². The van der Waals surface area contributed by atoms with Gasteiger partial charge in [-0.3, -0.25) is 0 Å². The molecule has 1 aliphatic rings. The predicted octanol–water partition coefficient (Wildman–Crippen LogP) is 5.34. The van der Waals surface area contributed by atoms with E-state index in [1.165, 1.54) is 4.88 Å². The van der Waals surface area contributed by atoms with Crippen LogP contribution in [-0.4, -0.2) is 6.54 Å². The first-order valence-corrected chi connectivity index (χ1v) is 8.61. The summed E-state index contributed by atoms with van der Waals surface area (Å²) < 4.78 is 7.29. The fourth-order valence-corrected chi connectivity index (χ4v) is 4.20. The van der Waals surface area contributed by atoms with Crippen molar-refractivity contribution >= 4 is 38.9 Å². The number of fused-ring (bicyclic) bond motifs is 1. The van der Waals surface area contributed by atoms with E-state index in [9.17, 15) is 0 Å². The van der Waals surface area contributed by atoms with Gasteiger partial charge in [-0.15, -0.1) is 11.3 Å². The third-order valence-electron chi connectivity index (χ3n) is 3.43. The van der Waals surface area contributed by atoms with Crippen LogP contribution in [0.25, 0.3) is 0 Å². The van der Waals surface area contributed by atoms with Crippen LogP contribution < -0.4 is 10.1 Å². The first-order chi connectivity index (χ1) is 9.67. The molecule has 0 amide bonds. The lowest BCUT2D eigenvalue weighted by Gasteiger charge is -2.32. The molecular weight excluding hydrogens is 358 g/mol. The van der Waals surface area contributed by atoms with Crippen LogP contribution >= 0.6 is 38.9 Å². The van der Waals surface area contributed by atoms with Crippen molar-refractivity contribution in [2.75, 3.05) is 6.54 Å². The van der Waals surface area contributed by atoms with E-state index in [2.05, 4.69) is 40.3 Å². The lowest BCUT2D eigenvalue weighted by Crippen LogP contribution is -2.28. The van der Waals surface area contributed by atoms with Crippen molar-refractivity contribution in [2.24, 2.45) is 0 Å². The van der Waals surface area contributed by atoms with Gasteiger partial charge in [0, 0.05) is 27.9 Å². The minimum Gasteiger partial charge on any atom is -0.484 e. The molecule has 2 unspecified atom stereocenters. The van der Waals surface area contributed by atoms with Crippen molar-refractivity contribution in [1.29, 1.82) is 0 Å². The van der Waals surface area contributed by atoms with Gasteiger partial charge in [0.15, 0.2) is 0 Å². The Kier molecular flexibility index (Phi) is 4.36. The highest BCUT2D eigenvalue weighted by molar-refractivity contribution is 9.11. The van der Waals surface area contributed by atoms with Crippen LogP contribution in [0.15, 0.2) is 34.1 Å². The fraction of sp³-hybridized carbons (Fsp3) is 0.333. The van der Waals surface area contributed by atoms with Crippen molar-refractivity contribution in [3.8, 4) is 5.75 Å². The summed E-state index contributed by atoms with van der Waals surface area (Å²) in [6.45, 7) is 3.05. The second kappa shape index (κ2) is 6.06. The Labute approximate surface area is 136 Å². The predicted molar refractivity (Wildman–Crippen MR) is 87.9 cm³/mol. The second-order valence-electron chi connectivity index (χ2n) is 4.78. The van der Waals surface area contributed by atoms with Gasteiger partial charge in [-0.2, -0.15) is 0 Å². The summed E-state index contributed by atoms with van der Waals surface area (Å²) in [5.74, 6) is 0.932. The number of halogens is 2. The largest absolute Gasteiger partial charge is 0.484 e. The first kappa shape index (κ1) is 14.4. The van der Waals surface area contributed by atoms with E-state index in [-0.39, 0.29) is 12.1 Å². The van der Waals surface area contributed by atoms with Crippen LogP contribution in [0.1, 0.15) is 35.9 Å². The minimum absolute atomic E-state index is 0.101. The van der Waals surface area contributed by atoms with Gasteiger partial charge in [0.05, 0.1) is 3.79 Å². The average Bonchev–Trinajstić information content (AvgIpc) is 2.86. The van der Waals surface area contributed by atoms with Crippen molar-refractivity contribution in [1.82, 2.24) is 5.32 Å². The molecule has 3 rings (SSSR count). The summed E-state index contributed by atoms with van der Waals surface area (Å²) in [6.07, 6.45) is 1.03. The second-order valence-corrected chi connectivity index (χ2v) is 7.71. The zero-order valence-electron chi connectivity index (χ0n) is 11.0. The molecule has 0 fully saturated rings. The van der Waals surface area contributed by atoms with E-state index in [0.29, 0.717) is 0 Å². The summed E-state index contributed by atoms with van der Waals surface area (Å²) in [4.78, 5) is 1.25. The van der Waals surface area contributed by atoms with Crippen molar-refractivity contribution < 1.29 is 4.74 Å². The summed E-state index contributed by atoms with van der Waals surface area (Å²) in [5.41, 5.74) is 1.16.